The van der Waals surface area contributed by atoms with Gasteiger partial charge in [0.1, 0.15) is 6.29 Å². The highest BCUT2D eigenvalue weighted by molar-refractivity contribution is 5.49. The van der Waals surface area contributed by atoms with Gasteiger partial charge in [0, 0.05) is 12.5 Å². The lowest BCUT2D eigenvalue weighted by Crippen LogP contribution is -2.34. The summed E-state index contributed by atoms with van der Waals surface area (Å²) in [4.78, 5) is 10.2. The molecule has 78 valence electrons. The summed E-state index contributed by atoms with van der Waals surface area (Å²) < 4.78 is 0. The van der Waals surface area contributed by atoms with E-state index in [0.29, 0.717) is 6.42 Å². The molecule has 1 heterocycles. The summed E-state index contributed by atoms with van der Waals surface area (Å²) in [7, 11) is 0. The number of hydrogen-bond donors (Lipinski definition) is 2. The van der Waals surface area contributed by atoms with Crippen molar-refractivity contribution in [2.45, 2.75) is 38.6 Å². The van der Waals surface area contributed by atoms with Gasteiger partial charge in [0.25, 0.3) is 0 Å². The zero-order chi connectivity index (χ0) is 10.4. The van der Waals surface area contributed by atoms with E-state index in [-0.39, 0.29) is 6.04 Å². The molecule has 1 aliphatic rings. The molecule has 0 aromatic rings. The van der Waals surface area contributed by atoms with E-state index in [1.54, 1.807) is 0 Å². The third-order valence-electron chi connectivity index (χ3n) is 2.33. The quantitative estimate of drug-likeness (QED) is 0.651. The Balaban J connectivity index is 2.48. The maximum absolute atomic E-state index is 10.2. The molecule has 1 atom stereocenters. The Hall–Kier alpha value is -1.25. The van der Waals surface area contributed by atoms with Crippen molar-refractivity contribution in [2.24, 2.45) is 5.73 Å². The molecule has 0 aliphatic carbocycles. The second kappa shape index (κ2) is 5.47. The minimum absolute atomic E-state index is 0.223. The summed E-state index contributed by atoms with van der Waals surface area (Å²) in [5.41, 5.74) is 7.03. The molecule has 0 fully saturated rings. The molecule has 3 nitrogen and oxygen atoms in total. The highest BCUT2D eigenvalue weighted by Crippen LogP contribution is 2.15. The van der Waals surface area contributed by atoms with E-state index in [1.165, 1.54) is 5.57 Å². The van der Waals surface area contributed by atoms with Crippen molar-refractivity contribution in [1.82, 2.24) is 5.32 Å². The van der Waals surface area contributed by atoms with E-state index in [4.69, 9.17) is 5.73 Å². The first-order valence-corrected chi connectivity index (χ1v) is 5.15. The number of hydrogen-bond acceptors (Lipinski definition) is 3. The summed E-state index contributed by atoms with van der Waals surface area (Å²) in [6.45, 7) is 2.13. The maximum atomic E-state index is 10.2. The van der Waals surface area contributed by atoms with Crippen LogP contribution in [0.15, 0.2) is 23.5 Å². The van der Waals surface area contributed by atoms with Gasteiger partial charge in [-0.25, -0.2) is 0 Å². The molecule has 0 spiro atoms. The van der Waals surface area contributed by atoms with Gasteiger partial charge in [-0.05, 0) is 18.4 Å². The minimum Gasteiger partial charge on any atom is -0.385 e. The molecule has 3 heteroatoms. The fourth-order valence-corrected chi connectivity index (χ4v) is 1.57. The van der Waals surface area contributed by atoms with Crippen LogP contribution in [0.2, 0.25) is 0 Å². The van der Waals surface area contributed by atoms with Crippen LogP contribution in [-0.4, -0.2) is 12.3 Å². The minimum atomic E-state index is 0.223. The molecule has 0 aromatic carbocycles. The second-order valence-corrected chi connectivity index (χ2v) is 3.54. The van der Waals surface area contributed by atoms with E-state index < -0.39 is 0 Å². The average molecular weight is 194 g/mol. The summed E-state index contributed by atoms with van der Waals surface area (Å²) in [5, 5.41) is 3.20. The van der Waals surface area contributed by atoms with Crippen LogP contribution in [0.5, 0.6) is 0 Å². The Morgan fingerprint density at radius 3 is 3.00 bits per heavy atom. The number of carbonyl (C=O) groups is 1. The van der Waals surface area contributed by atoms with Gasteiger partial charge in [-0.15, -0.1) is 0 Å². The standard InChI is InChI=1S/C11H18N2O/c1-2-4-9-6-7-10(5-3-8-14)13-11(9)12/h6-8,10,13H,2-5,12H2,1H3. The van der Waals surface area contributed by atoms with Crippen LogP contribution in [0, 0.1) is 0 Å². The monoisotopic (exact) mass is 194 g/mol. The molecule has 1 rings (SSSR count). The molecular weight excluding hydrogens is 176 g/mol. The number of nitrogens with one attached hydrogen (secondary N) is 1. The van der Waals surface area contributed by atoms with Crippen molar-refractivity contribution in [3.8, 4) is 0 Å². The Morgan fingerprint density at radius 2 is 2.43 bits per heavy atom. The molecule has 0 radical (unpaired) electrons. The summed E-state index contributed by atoms with van der Waals surface area (Å²) in [5.74, 6) is 0.769. The van der Waals surface area contributed by atoms with Crippen molar-refractivity contribution in [3.05, 3.63) is 23.5 Å². The van der Waals surface area contributed by atoms with Crippen molar-refractivity contribution in [2.75, 3.05) is 0 Å². The van der Waals surface area contributed by atoms with Gasteiger partial charge in [-0.3, -0.25) is 0 Å². The lowest BCUT2D eigenvalue weighted by Gasteiger charge is -2.22. The van der Waals surface area contributed by atoms with E-state index in [1.807, 2.05) is 0 Å². The fourth-order valence-electron chi connectivity index (χ4n) is 1.57. The highest BCUT2D eigenvalue weighted by Gasteiger charge is 2.11. The van der Waals surface area contributed by atoms with Crippen LogP contribution in [-0.2, 0) is 4.79 Å². The fraction of sp³-hybridized carbons (Fsp3) is 0.545. The van der Waals surface area contributed by atoms with Gasteiger partial charge in [0.2, 0.25) is 0 Å². The van der Waals surface area contributed by atoms with Gasteiger partial charge in [0.15, 0.2) is 0 Å². The Bertz CT molecular complexity index is 256. The predicted octanol–water partition coefficient (Wildman–Crippen LogP) is 1.46. The smallest absolute Gasteiger partial charge is 0.120 e. The van der Waals surface area contributed by atoms with Crippen molar-refractivity contribution in [3.63, 3.8) is 0 Å². The number of allylic oxidation sites excluding steroid dienone is 2. The summed E-state index contributed by atoms with van der Waals surface area (Å²) in [6, 6.07) is 0.223. The van der Waals surface area contributed by atoms with Crippen LogP contribution in [0.3, 0.4) is 0 Å². The first kappa shape index (κ1) is 10.8. The third-order valence-corrected chi connectivity index (χ3v) is 2.33. The maximum Gasteiger partial charge on any atom is 0.120 e. The SMILES string of the molecule is CCCC1=C(N)NC(CCC=O)C=C1. The van der Waals surface area contributed by atoms with Crippen molar-refractivity contribution >= 4 is 6.29 Å². The van der Waals surface area contributed by atoms with Gasteiger partial charge in [-0.1, -0.05) is 25.5 Å². The highest BCUT2D eigenvalue weighted by atomic mass is 16.1. The topological polar surface area (TPSA) is 55.1 Å². The van der Waals surface area contributed by atoms with Crippen molar-refractivity contribution < 1.29 is 4.79 Å². The predicted molar refractivity (Wildman–Crippen MR) is 57.5 cm³/mol. The number of carbonyl (C=O) groups excluding carboxylic acids is 1. The Labute approximate surface area is 85.1 Å². The van der Waals surface area contributed by atoms with Crippen LogP contribution in [0.4, 0.5) is 0 Å². The van der Waals surface area contributed by atoms with Crippen molar-refractivity contribution in [1.29, 1.82) is 0 Å². The van der Waals surface area contributed by atoms with E-state index >= 15 is 0 Å². The van der Waals surface area contributed by atoms with E-state index in [9.17, 15) is 4.79 Å². The van der Waals surface area contributed by atoms with Gasteiger partial charge in [-0.2, -0.15) is 0 Å². The molecule has 0 saturated heterocycles. The third kappa shape index (κ3) is 2.91. The Kier molecular flexibility index (Phi) is 4.23. The zero-order valence-electron chi connectivity index (χ0n) is 8.62. The lowest BCUT2D eigenvalue weighted by atomic mass is 10.0. The average Bonchev–Trinajstić information content (AvgIpc) is 2.19. The first-order chi connectivity index (χ1) is 6.77. The van der Waals surface area contributed by atoms with E-state index in [2.05, 4.69) is 24.4 Å². The molecule has 0 aromatic heterocycles. The van der Waals surface area contributed by atoms with Crippen LogP contribution < -0.4 is 11.1 Å². The number of aldehydes is 1. The molecule has 1 aliphatic heterocycles. The number of nitrogens with two attached hydrogens (primary N) is 1. The largest absolute Gasteiger partial charge is 0.385 e. The van der Waals surface area contributed by atoms with Gasteiger partial charge in [0.05, 0.1) is 5.82 Å². The lowest BCUT2D eigenvalue weighted by molar-refractivity contribution is -0.108. The first-order valence-electron chi connectivity index (χ1n) is 5.15. The van der Waals surface area contributed by atoms with Crippen LogP contribution in [0.25, 0.3) is 0 Å². The van der Waals surface area contributed by atoms with Gasteiger partial charge >= 0.3 is 0 Å². The summed E-state index contributed by atoms with van der Waals surface area (Å²) in [6.07, 6.45) is 8.61. The number of rotatable bonds is 5. The second-order valence-electron chi connectivity index (χ2n) is 3.54. The molecule has 3 N–H and O–H groups in total. The normalized spacial score (nSPS) is 20.8. The number of dihydropyridines is 1. The van der Waals surface area contributed by atoms with E-state index in [0.717, 1.165) is 31.4 Å². The zero-order valence-corrected chi connectivity index (χ0v) is 8.62. The van der Waals surface area contributed by atoms with Gasteiger partial charge < -0.3 is 15.8 Å². The molecular formula is C11H18N2O. The van der Waals surface area contributed by atoms with Crippen LogP contribution in [0.1, 0.15) is 32.6 Å². The molecule has 14 heavy (non-hydrogen) atoms. The molecule has 1 unspecified atom stereocenters. The Morgan fingerprint density at radius 1 is 1.64 bits per heavy atom. The molecule has 0 bridgehead atoms. The van der Waals surface area contributed by atoms with Crippen LogP contribution >= 0.6 is 0 Å². The molecule has 0 amide bonds. The molecule has 0 saturated carbocycles. The summed E-state index contributed by atoms with van der Waals surface area (Å²) >= 11 is 0.